The van der Waals surface area contributed by atoms with Crippen LogP contribution in [0.4, 0.5) is 0 Å². The number of rotatable bonds is 5. The van der Waals surface area contributed by atoms with E-state index in [4.69, 9.17) is 18.0 Å². The van der Waals surface area contributed by atoms with Crippen LogP contribution in [0.25, 0.3) is 0 Å². The highest BCUT2D eigenvalue weighted by Gasteiger charge is 2.33. The average molecular weight is 377 g/mol. The van der Waals surface area contributed by atoms with Crippen molar-refractivity contribution in [2.45, 2.75) is 36.6 Å². The summed E-state index contributed by atoms with van der Waals surface area (Å²) in [5.74, 6) is 0. The van der Waals surface area contributed by atoms with Gasteiger partial charge in [0.2, 0.25) is 10.0 Å². The second kappa shape index (κ2) is 6.51. The van der Waals surface area contributed by atoms with Gasteiger partial charge in [0, 0.05) is 10.5 Å². The molecule has 0 bridgehead atoms. The molecule has 1 aromatic rings. The lowest BCUT2D eigenvalue weighted by Crippen LogP contribution is -2.43. The van der Waals surface area contributed by atoms with E-state index < -0.39 is 10.0 Å². The SMILES string of the molecule is NC(=S)CN(C1CCCC1)S(=O)(=O)c1ccc(Br)cc1. The van der Waals surface area contributed by atoms with E-state index in [-0.39, 0.29) is 22.5 Å². The molecule has 4 nitrogen and oxygen atoms in total. The molecule has 0 amide bonds. The molecule has 0 aromatic heterocycles. The molecule has 0 aliphatic heterocycles. The first-order chi connectivity index (χ1) is 9.41. The van der Waals surface area contributed by atoms with Crippen LogP contribution in [-0.4, -0.2) is 30.3 Å². The van der Waals surface area contributed by atoms with Gasteiger partial charge in [-0.15, -0.1) is 0 Å². The fourth-order valence-corrected chi connectivity index (χ4v) is 4.65. The summed E-state index contributed by atoms with van der Waals surface area (Å²) in [7, 11) is -3.55. The molecule has 7 heteroatoms. The minimum absolute atomic E-state index is 0.00477. The molecule has 1 aliphatic carbocycles. The highest BCUT2D eigenvalue weighted by molar-refractivity contribution is 9.10. The highest BCUT2D eigenvalue weighted by atomic mass is 79.9. The monoisotopic (exact) mass is 376 g/mol. The number of nitrogens with zero attached hydrogens (tertiary/aromatic N) is 1. The first-order valence-electron chi connectivity index (χ1n) is 6.47. The molecular weight excluding hydrogens is 360 g/mol. The van der Waals surface area contributed by atoms with E-state index in [2.05, 4.69) is 15.9 Å². The normalized spacial score (nSPS) is 16.7. The van der Waals surface area contributed by atoms with Crippen molar-refractivity contribution in [3.63, 3.8) is 0 Å². The summed E-state index contributed by atoms with van der Waals surface area (Å²) in [5, 5.41) is 0. The van der Waals surface area contributed by atoms with Gasteiger partial charge in [0.1, 0.15) is 0 Å². The molecule has 0 heterocycles. The van der Waals surface area contributed by atoms with Crippen LogP contribution in [0.5, 0.6) is 0 Å². The van der Waals surface area contributed by atoms with Crippen LogP contribution in [0.1, 0.15) is 25.7 Å². The first-order valence-corrected chi connectivity index (χ1v) is 9.11. The quantitative estimate of drug-likeness (QED) is 0.802. The predicted molar refractivity (Wildman–Crippen MR) is 87.1 cm³/mol. The van der Waals surface area contributed by atoms with Crippen LogP contribution in [0.3, 0.4) is 0 Å². The van der Waals surface area contributed by atoms with Crippen molar-refractivity contribution in [3.8, 4) is 0 Å². The molecule has 1 aromatic carbocycles. The zero-order chi connectivity index (χ0) is 14.8. The van der Waals surface area contributed by atoms with Crippen molar-refractivity contribution < 1.29 is 8.42 Å². The van der Waals surface area contributed by atoms with Gasteiger partial charge in [-0.05, 0) is 37.1 Å². The molecule has 2 N–H and O–H groups in total. The summed E-state index contributed by atoms with van der Waals surface area (Å²) in [6.45, 7) is 0.110. The third-order valence-electron chi connectivity index (χ3n) is 3.46. The van der Waals surface area contributed by atoms with E-state index in [1.165, 1.54) is 4.31 Å². The molecule has 0 atom stereocenters. The smallest absolute Gasteiger partial charge is 0.243 e. The van der Waals surface area contributed by atoms with Crippen molar-refractivity contribution in [2.75, 3.05) is 6.54 Å². The lowest BCUT2D eigenvalue weighted by molar-refractivity contribution is 0.355. The van der Waals surface area contributed by atoms with Gasteiger partial charge in [-0.25, -0.2) is 8.42 Å². The summed E-state index contributed by atoms with van der Waals surface area (Å²) in [6, 6.07) is 6.65. The standard InChI is InChI=1S/C13H17BrN2O2S2/c14-10-5-7-12(8-6-10)20(17,18)16(9-13(15)19)11-3-1-2-4-11/h5-8,11H,1-4,9H2,(H2,15,19). The third-order valence-corrected chi connectivity index (χ3v) is 6.03. The highest BCUT2D eigenvalue weighted by Crippen LogP contribution is 2.29. The van der Waals surface area contributed by atoms with E-state index in [1.54, 1.807) is 24.3 Å². The van der Waals surface area contributed by atoms with Crippen molar-refractivity contribution in [2.24, 2.45) is 5.73 Å². The second-order valence-electron chi connectivity index (χ2n) is 4.91. The summed E-state index contributed by atoms with van der Waals surface area (Å²) >= 11 is 8.22. The lowest BCUT2D eigenvalue weighted by atomic mass is 10.2. The van der Waals surface area contributed by atoms with Gasteiger partial charge in [0.05, 0.1) is 16.4 Å². The Balaban J connectivity index is 2.34. The van der Waals surface area contributed by atoms with Crippen molar-refractivity contribution in [1.82, 2.24) is 4.31 Å². The summed E-state index contributed by atoms with van der Waals surface area (Å²) in [4.78, 5) is 0.487. The number of thiocarbonyl (C=S) groups is 1. The van der Waals surface area contributed by atoms with Crippen LogP contribution in [0, 0.1) is 0 Å². The predicted octanol–water partition coefficient (Wildman–Crippen LogP) is 2.67. The largest absolute Gasteiger partial charge is 0.392 e. The molecule has 1 fully saturated rings. The average Bonchev–Trinajstić information content (AvgIpc) is 2.89. The van der Waals surface area contributed by atoms with Gasteiger partial charge in [-0.3, -0.25) is 0 Å². The zero-order valence-electron chi connectivity index (χ0n) is 11.0. The van der Waals surface area contributed by atoms with Crippen molar-refractivity contribution in [3.05, 3.63) is 28.7 Å². The maximum Gasteiger partial charge on any atom is 0.243 e. The van der Waals surface area contributed by atoms with Crippen LogP contribution in [0.15, 0.2) is 33.6 Å². The van der Waals surface area contributed by atoms with Crippen LogP contribution in [-0.2, 0) is 10.0 Å². The fraction of sp³-hybridized carbons (Fsp3) is 0.462. The van der Waals surface area contributed by atoms with Gasteiger partial charge in [0.25, 0.3) is 0 Å². The number of halogens is 1. The molecule has 20 heavy (non-hydrogen) atoms. The van der Waals surface area contributed by atoms with Gasteiger partial charge >= 0.3 is 0 Å². The van der Waals surface area contributed by atoms with Gasteiger partial charge < -0.3 is 5.73 Å². The summed E-state index contributed by atoms with van der Waals surface area (Å²) < 4.78 is 27.8. The second-order valence-corrected chi connectivity index (χ2v) is 8.24. The number of nitrogens with two attached hydrogens (primary N) is 1. The number of hydrogen-bond donors (Lipinski definition) is 1. The summed E-state index contributed by atoms with van der Waals surface area (Å²) in [5.41, 5.74) is 5.58. The van der Waals surface area contributed by atoms with E-state index in [0.29, 0.717) is 0 Å². The molecule has 0 saturated heterocycles. The first kappa shape index (κ1) is 15.9. The van der Waals surface area contributed by atoms with Crippen LogP contribution < -0.4 is 5.73 Å². The summed E-state index contributed by atoms with van der Waals surface area (Å²) in [6.07, 6.45) is 3.85. The molecule has 0 radical (unpaired) electrons. The van der Waals surface area contributed by atoms with Crippen molar-refractivity contribution in [1.29, 1.82) is 0 Å². The molecule has 1 aliphatic rings. The Labute approximate surface area is 133 Å². The minimum atomic E-state index is -3.55. The fourth-order valence-electron chi connectivity index (χ4n) is 2.50. The van der Waals surface area contributed by atoms with Crippen LogP contribution >= 0.6 is 28.1 Å². The Morgan fingerprint density at radius 3 is 2.35 bits per heavy atom. The van der Waals surface area contributed by atoms with E-state index in [1.807, 2.05) is 0 Å². The minimum Gasteiger partial charge on any atom is -0.392 e. The third kappa shape index (κ3) is 3.58. The maximum absolute atomic E-state index is 12.8. The van der Waals surface area contributed by atoms with E-state index in [0.717, 1.165) is 30.2 Å². The Kier molecular flexibility index (Phi) is 5.17. The van der Waals surface area contributed by atoms with Gasteiger partial charge in [0.15, 0.2) is 0 Å². The number of hydrogen-bond acceptors (Lipinski definition) is 3. The molecule has 0 spiro atoms. The molecule has 110 valence electrons. The van der Waals surface area contributed by atoms with Gasteiger partial charge in [-0.2, -0.15) is 4.31 Å². The lowest BCUT2D eigenvalue weighted by Gasteiger charge is -2.27. The zero-order valence-corrected chi connectivity index (χ0v) is 14.2. The number of sulfonamides is 1. The number of benzene rings is 1. The van der Waals surface area contributed by atoms with Gasteiger partial charge in [-0.1, -0.05) is 41.0 Å². The van der Waals surface area contributed by atoms with E-state index >= 15 is 0 Å². The van der Waals surface area contributed by atoms with Crippen LogP contribution in [0.2, 0.25) is 0 Å². The Hall–Kier alpha value is -0.500. The van der Waals surface area contributed by atoms with Crippen molar-refractivity contribution >= 4 is 43.2 Å². The molecule has 0 unspecified atom stereocenters. The Bertz CT molecular complexity index is 581. The Morgan fingerprint density at radius 1 is 1.30 bits per heavy atom. The molecule has 2 rings (SSSR count). The molecule has 1 saturated carbocycles. The topological polar surface area (TPSA) is 63.4 Å². The molecular formula is C13H17BrN2O2S2. The Morgan fingerprint density at radius 2 is 1.85 bits per heavy atom. The maximum atomic E-state index is 12.8. The van der Waals surface area contributed by atoms with E-state index in [9.17, 15) is 8.42 Å².